The van der Waals surface area contributed by atoms with Crippen LogP contribution in [0.4, 0.5) is 0 Å². The summed E-state index contributed by atoms with van der Waals surface area (Å²) in [5.41, 5.74) is 0. The zero-order valence-electron chi connectivity index (χ0n) is 6.31. The van der Waals surface area contributed by atoms with Crippen LogP contribution in [0.3, 0.4) is 0 Å². The molecule has 1 saturated carbocycles. The number of nitrogens with one attached hydrogen (secondary N) is 1. The molecule has 2 heteroatoms. The summed E-state index contributed by atoms with van der Waals surface area (Å²) in [6.45, 7) is 2.19. The third-order valence-corrected chi connectivity index (χ3v) is 2.52. The Bertz CT molecular complexity index is 102. The van der Waals surface area contributed by atoms with Gasteiger partial charge in [-0.2, -0.15) is 0 Å². The maximum absolute atomic E-state index is 5.62. The van der Waals surface area contributed by atoms with Gasteiger partial charge in [0.1, 0.15) is 0 Å². The molecule has 0 amide bonds. The number of ether oxygens (including phenoxy) is 1. The van der Waals surface area contributed by atoms with Gasteiger partial charge < -0.3 is 10.1 Å². The molecule has 2 atom stereocenters. The standard InChI is InChI=1S/C8H15NO/c1-2-6-10-8-4-3-7(8)9-5-1/h7-9H,1-6H2. The minimum atomic E-state index is 0.556. The zero-order valence-corrected chi connectivity index (χ0v) is 6.31. The first-order valence-corrected chi connectivity index (χ1v) is 4.32. The molecule has 2 rings (SSSR count). The first-order valence-electron chi connectivity index (χ1n) is 4.32. The van der Waals surface area contributed by atoms with Gasteiger partial charge in [0.05, 0.1) is 6.10 Å². The summed E-state index contributed by atoms with van der Waals surface area (Å²) in [6.07, 6.45) is 5.67. The van der Waals surface area contributed by atoms with E-state index in [1.165, 1.54) is 32.2 Å². The normalized spacial score (nSPS) is 40.8. The average molecular weight is 141 g/mol. The van der Waals surface area contributed by atoms with Crippen LogP contribution >= 0.6 is 0 Å². The van der Waals surface area contributed by atoms with E-state index < -0.39 is 0 Å². The molecular weight excluding hydrogens is 126 g/mol. The Morgan fingerprint density at radius 1 is 1.20 bits per heavy atom. The van der Waals surface area contributed by atoms with E-state index in [1.807, 2.05) is 0 Å². The smallest absolute Gasteiger partial charge is 0.0728 e. The van der Waals surface area contributed by atoms with Crippen molar-refractivity contribution >= 4 is 0 Å². The molecule has 1 aliphatic heterocycles. The van der Waals surface area contributed by atoms with Crippen LogP contribution in [-0.4, -0.2) is 25.3 Å². The molecule has 0 aromatic rings. The summed E-state index contributed by atoms with van der Waals surface area (Å²) in [6, 6.07) is 0.695. The van der Waals surface area contributed by atoms with Crippen molar-refractivity contribution in [3.8, 4) is 0 Å². The SMILES string of the molecule is C1CCOC2CCC2NC1. The molecule has 2 aliphatic rings. The maximum atomic E-state index is 5.62. The van der Waals surface area contributed by atoms with E-state index in [-0.39, 0.29) is 0 Å². The third-order valence-electron chi connectivity index (χ3n) is 2.52. The summed E-state index contributed by atoms with van der Waals surface area (Å²) in [5.74, 6) is 0. The van der Waals surface area contributed by atoms with Crippen LogP contribution in [0.1, 0.15) is 25.7 Å². The van der Waals surface area contributed by atoms with Crippen LogP contribution in [-0.2, 0) is 4.74 Å². The van der Waals surface area contributed by atoms with E-state index >= 15 is 0 Å². The second kappa shape index (κ2) is 2.89. The number of hydrogen-bond donors (Lipinski definition) is 1. The topological polar surface area (TPSA) is 21.3 Å². The summed E-state index contributed by atoms with van der Waals surface area (Å²) < 4.78 is 5.62. The second-order valence-corrected chi connectivity index (χ2v) is 3.25. The highest BCUT2D eigenvalue weighted by Gasteiger charge is 2.31. The fourth-order valence-electron chi connectivity index (χ4n) is 1.65. The van der Waals surface area contributed by atoms with Crippen LogP contribution in [0.15, 0.2) is 0 Å². The minimum absolute atomic E-state index is 0.556. The second-order valence-electron chi connectivity index (χ2n) is 3.25. The Kier molecular flexibility index (Phi) is 1.91. The predicted octanol–water partition coefficient (Wildman–Crippen LogP) is 0.917. The molecule has 0 aromatic heterocycles. The van der Waals surface area contributed by atoms with Crippen molar-refractivity contribution in [2.24, 2.45) is 0 Å². The lowest BCUT2D eigenvalue weighted by atomic mass is 9.88. The molecule has 1 heterocycles. The molecule has 2 fully saturated rings. The lowest BCUT2D eigenvalue weighted by Gasteiger charge is -2.38. The zero-order chi connectivity index (χ0) is 6.81. The van der Waals surface area contributed by atoms with Crippen molar-refractivity contribution in [3.05, 3.63) is 0 Å². The first-order chi connectivity index (χ1) is 4.97. The fourth-order valence-corrected chi connectivity index (χ4v) is 1.65. The monoisotopic (exact) mass is 141 g/mol. The summed E-state index contributed by atoms with van der Waals surface area (Å²) in [4.78, 5) is 0. The molecule has 1 aliphatic carbocycles. The van der Waals surface area contributed by atoms with Crippen molar-refractivity contribution in [2.45, 2.75) is 37.8 Å². The van der Waals surface area contributed by atoms with Gasteiger partial charge in [0, 0.05) is 12.6 Å². The van der Waals surface area contributed by atoms with Gasteiger partial charge in [0.15, 0.2) is 0 Å². The summed E-state index contributed by atoms with van der Waals surface area (Å²) >= 11 is 0. The Morgan fingerprint density at radius 2 is 2.20 bits per heavy atom. The number of hydrogen-bond acceptors (Lipinski definition) is 2. The van der Waals surface area contributed by atoms with Gasteiger partial charge in [0.25, 0.3) is 0 Å². The van der Waals surface area contributed by atoms with Crippen molar-refractivity contribution < 1.29 is 4.74 Å². The molecule has 0 radical (unpaired) electrons. The highest BCUT2D eigenvalue weighted by Crippen LogP contribution is 2.24. The van der Waals surface area contributed by atoms with Gasteiger partial charge in [-0.25, -0.2) is 0 Å². The molecular formula is C8H15NO. The Balaban J connectivity index is 1.83. The highest BCUT2D eigenvalue weighted by molar-refractivity contribution is 4.88. The quantitative estimate of drug-likeness (QED) is 0.541. The van der Waals surface area contributed by atoms with Gasteiger partial charge in [-0.3, -0.25) is 0 Å². The van der Waals surface area contributed by atoms with Crippen molar-refractivity contribution in [3.63, 3.8) is 0 Å². The Labute approximate surface area is 61.9 Å². The number of rotatable bonds is 0. The Morgan fingerprint density at radius 3 is 3.00 bits per heavy atom. The molecule has 2 unspecified atom stereocenters. The molecule has 1 saturated heterocycles. The molecule has 0 spiro atoms. The highest BCUT2D eigenvalue weighted by atomic mass is 16.5. The largest absolute Gasteiger partial charge is 0.377 e. The van der Waals surface area contributed by atoms with Gasteiger partial charge in [0.2, 0.25) is 0 Å². The van der Waals surface area contributed by atoms with E-state index in [0.29, 0.717) is 12.1 Å². The van der Waals surface area contributed by atoms with Crippen LogP contribution in [0.25, 0.3) is 0 Å². The molecule has 2 nitrogen and oxygen atoms in total. The van der Waals surface area contributed by atoms with Crippen molar-refractivity contribution in [2.75, 3.05) is 13.2 Å². The average Bonchev–Trinajstić information content (AvgIpc) is 1.89. The molecule has 0 bridgehead atoms. The summed E-state index contributed by atoms with van der Waals surface area (Å²) in [7, 11) is 0. The van der Waals surface area contributed by atoms with Gasteiger partial charge in [-0.15, -0.1) is 0 Å². The maximum Gasteiger partial charge on any atom is 0.0728 e. The van der Waals surface area contributed by atoms with E-state index in [4.69, 9.17) is 4.74 Å². The van der Waals surface area contributed by atoms with E-state index in [0.717, 1.165) is 6.61 Å². The van der Waals surface area contributed by atoms with Crippen LogP contribution in [0.2, 0.25) is 0 Å². The minimum Gasteiger partial charge on any atom is -0.377 e. The third kappa shape index (κ3) is 1.18. The summed E-state index contributed by atoms with van der Waals surface area (Å²) in [5, 5.41) is 3.50. The van der Waals surface area contributed by atoms with Crippen LogP contribution in [0.5, 0.6) is 0 Å². The lowest BCUT2D eigenvalue weighted by Crippen LogP contribution is -2.50. The van der Waals surface area contributed by atoms with E-state index in [1.54, 1.807) is 0 Å². The van der Waals surface area contributed by atoms with Crippen molar-refractivity contribution in [1.29, 1.82) is 0 Å². The fraction of sp³-hybridized carbons (Fsp3) is 1.00. The first kappa shape index (κ1) is 6.62. The van der Waals surface area contributed by atoms with Crippen LogP contribution in [0, 0.1) is 0 Å². The van der Waals surface area contributed by atoms with Crippen LogP contribution < -0.4 is 5.32 Å². The van der Waals surface area contributed by atoms with E-state index in [2.05, 4.69) is 5.32 Å². The van der Waals surface area contributed by atoms with Gasteiger partial charge >= 0.3 is 0 Å². The van der Waals surface area contributed by atoms with E-state index in [9.17, 15) is 0 Å². The predicted molar refractivity (Wildman–Crippen MR) is 40.0 cm³/mol. The molecule has 0 aromatic carbocycles. The number of fused-ring (bicyclic) bond motifs is 1. The van der Waals surface area contributed by atoms with Crippen molar-refractivity contribution in [1.82, 2.24) is 5.32 Å². The van der Waals surface area contributed by atoms with Gasteiger partial charge in [-0.05, 0) is 32.2 Å². The molecule has 1 N–H and O–H groups in total. The Hall–Kier alpha value is -0.0800. The lowest BCUT2D eigenvalue weighted by molar-refractivity contribution is -0.0349. The van der Waals surface area contributed by atoms with Gasteiger partial charge in [-0.1, -0.05) is 0 Å². The molecule has 58 valence electrons. The molecule has 10 heavy (non-hydrogen) atoms.